The maximum Gasteiger partial charge on any atom is 0.419 e. The molecule has 1 fully saturated rings. The summed E-state index contributed by atoms with van der Waals surface area (Å²) in [5, 5.41) is 7.38. The molecular formula is C19H24F3N3O. The Morgan fingerprint density at radius 1 is 1.31 bits per heavy atom. The second kappa shape index (κ2) is 8.12. The van der Waals surface area contributed by atoms with Crippen LogP contribution in [0.5, 0.6) is 5.75 Å². The van der Waals surface area contributed by atoms with E-state index in [0.717, 1.165) is 49.9 Å². The molecule has 0 amide bonds. The summed E-state index contributed by atoms with van der Waals surface area (Å²) < 4.78 is 44.3. The average molecular weight is 367 g/mol. The maximum atomic E-state index is 13.0. The van der Waals surface area contributed by atoms with Gasteiger partial charge in [-0.15, -0.1) is 0 Å². The predicted molar refractivity (Wildman–Crippen MR) is 93.3 cm³/mol. The quantitative estimate of drug-likeness (QED) is 0.795. The number of ether oxygens (including phenoxy) is 1. The van der Waals surface area contributed by atoms with Crippen LogP contribution in [0.2, 0.25) is 0 Å². The van der Waals surface area contributed by atoms with Crippen molar-refractivity contribution in [2.45, 2.75) is 38.3 Å². The van der Waals surface area contributed by atoms with Crippen LogP contribution in [0.25, 0.3) is 0 Å². The first kappa shape index (κ1) is 18.8. The van der Waals surface area contributed by atoms with E-state index in [1.807, 2.05) is 6.07 Å². The fraction of sp³-hybridized carbons (Fsp3) is 0.526. The second-order valence-corrected chi connectivity index (χ2v) is 6.70. The third-order valence-electron chi connectivity index (χ3n) is 4.70. The Kier molecular flexibility index (Phi) is 5.86. The number of likely N-dealkylation sites (tertiary alicyclic amines) is 1. The van der Waals surface area contributed by atoms with E-state index in [1.54, 1.807) is 6.07 Å². The van der Waals surface area contributed by atoms with Crippen LogP contribution < -0.4 is 4.74 Å². The molecule has 1 N–H and O–H groups in total. The van der Waals surface area contributed by atoms with Crippen LogP contribution in [0.3, 0.4) is 0 Å². The van der Waals surface area contributed by atoms with Crippen molar-refractivity contribution in [1.82, 2.24) is 15.1 Å². The van der Waals surface area contributed by atoms with E-state index < -0.39 is 11.7 Å². The molecule has 0 aliphatic carbocycles. The lowest BCUT2D eigenvalue weighted by atomic mass is 10.0. The lowest BCUT2D eigenvalue weighted by Crippen LogP contribution is -2.20. The molecule has 1 aromatic carbocycles. The first-order chi connectivity index (χ1) is 12.5. The molecule has 0 radical (unpaired) electrons. The Hall–Kier alpha value is -2.02. The lowest BCUT2D eigenvalue weighted by Gasteiger charge is -2.13. The van der Waals surface area contributed by atoms with Crippen LogP contribution in [0.15, 0.2) is 30.3 Å². The number of alkyl halides is 3. The molecule has 2 aromatic rings. The fourth-order valence-electron chi connectivity index (χ4n) is 3.41. The van der Waals surface area contributed by atoms with Crippen LogP contribution in [-0.4, -0.2) is 41.3 Å². The molecule has 0 saturated carbocycles. The largest absolute Gasteiger partial charge is 0.493 e. The van der Waals surface area contributed by atoms with E-state index in [0.29, 0.717) is 12.3 Å². The number of hydrogen-bond donors (Lipinski definition) is 1. The standard InChI is InChI=1S/C19H24F3N3O/c1-2-9-25-10-7-14(13-25)17-12-15(23-24-17)8-11-26-18-6-4-3-5-16(18)19(20,21)22/h3-6,12,14H,2,7-11,13H2,1H3,(H,23,24). The van der Waals surface area contributed by atoms with Gasteiger partial charge in [0.05, 0.1) is 17.9 Å². The van der Waals surface area contributed by atoms with E-state index in [-0.39, 0.29) is 12.4 Å². The number of para-hydroxylation sites is 1. The molecule has 3 rings (SSSR count). The van der Waals surface area contributed by atoms with Crippen LogP contribution in [0.4, 0.5) is 13.2 Å². The van der Waals surface area contributed by atoms with E-state index in [2.05, 4.69) is 22.0 Å². The SMILES string of the molecule is CCCN1CCC(c2cc(CCOc3ccccc3C(F)(F)F)[nH]n2)C1. The molecule has 1 atom stereocenters. The Labute approximate surface area is 151 Å². The van der Waals surface area contributed by atoms with E-state index in [9.17, 15) is 13.2 Å². The van der Waals surface area contributed by atoms with Crippen molar-refractivity contribution in [3.8, 4) is 5.75 Å². The summed E-state index contributed by atoms with van der Waals surface area (Å²) in [5.74, 6) is 0.296. The maximum absolute atomic E-state index is 13.0. The van der Waals surface area contributed by atoms with Crippen molar-refractivity contribution in [3.63, 3.8) is 0 Å². The molecular weight excluding hydrogens is 343 g/mol. The minimum atomic E-state index is -4.41. The minimum absolute atomic E-state index is 0.134. The van der Waals surface area contributed by atoms with Gasteiger partial charge in [0.15, 0.2) is 0 Å². The van der Waals surface area contributed by atoms with Crippen LogP contribution in [0, 0.1) is 0 Å². The molecule has 1 aromatic heterocycles. The number of halogens is 3. The molecule has 0 bridgehead atoms. The zero-order valence-corrected chi connectivity index (χ0v) is 14.9. The monoisotopic (exact) mass is 367 g/mol. The number of hydrogen-bond acceptors (Lipinski definition) is 3. The summed E-state index contributed by atoms with van der Waals surface area (Å²) in [5.41, 5.74) is 1.18. The van der Waals surface area contributed by atoms with Crippen molar-refractivity contribution in [2.24, 2.45) is 0 Å². The van der Waals surface area contributed by atoms with Crippen LogP contribution in [-0.2, 0) is 12.6 Å². The third kappa shape index (κ3) is 4.58. The summed E-state index contributed by atoms with van der Waals surface area (Å²) in [4.78, 5) is 2.44. The number of aromatic amines is 1. The van der Waals surface area contributed by atoms with E-state index in [1.165, 1.54) is 12.1 Å². The number of nitrogens with one attached hydrogen (secondary N) is 1. The van der Waals surface area contributed by atoms with Crippen LogP contribution in [0.1, 0.15) is 42.6 Å². The Balaban J connectivity index is 1.53. The van der Waals surface area contributed by atoms with Crippen molar-refractivity contribution >= 4 is 0 Å². The highest BCUT2D eigenvalue weighted by Crippen LogP contribution is 2.36. The first-order valence-corrected chi connectivity index (χ1v) is 9.03. The average Bonchev–Trinajstić information content (AvgIpc) is 3.24. The third-order valence-corrected chi connectivity index (χ3v) is 4.70. The van der Waals surface area contributed by atoms with Crippen molar-refractivity contribution in [1.29, 1.82) is 0 Å². The van der Waals surface area contributed by atoms with E-state index >= 15 is 0 Å². The smallest absolute Gasteiger partial charge is 0.419 e. The summed E-state index contributed by atoms with van der Waals surface area (Å²) in [6.07, 6.45) is -1.68. The summed E-state index contributed by atoms with van der Waals surface area (Å²) in [6.45, 7) is 5.57. The lowest BCUT2D eigenvalue weighted by molar-refractivity contribution is -0.138. The summed E-state index contributed by atoms with van der Waals surface area (Å²) in [7, 11) is 0. The molecule has 1 unspecified atom stereocenters. The highest BCUT2D eigenvalue weighted by molar-refractivity contribution is 5.35. The molecule has 1 saturated heterocycles. The molecule has 1 aliphatic rings. The number of aromatic nitrogens is 2. The van der Waals surface area contributed by atoms with E-state index in [4.69, 9.17) is 4.74 Å². The Bertz CT molecular complexity index is 714. The van der Waals surface area contributed by atoms with Crippen molar-refractivity contribution in [2.75, 3.05) is 26.2 Å². The van der Waals surface area contributed by atoms with Crippen molar-refractivity contribution < 1.29 is 17.9 Å². The molecule has 4 nitrogen and oxygen atoms in total. The summed E-state index contributed by atoms with van der Waals surface area (Å²) in [6, 6.07) is 7.30. The molecule has 2 heterocycles. The van der Waals surface area contributed by atoms with Gasteiger partial charge >= 0.3 is 6.18 Å². The minimum Gasteiger partial charge on any atom is -0.493 e. The van der Waals surface area contributed by atoms with Gasteiger partial charge in [-0.05, 0) is 44.1 Å². The van der Waals surface area contributed by atoms with Gasteiger partial charge in [-0.1, -0.05) is 19.1 Å². The second-order valence-electron chi connectivity index (χ2n) is 6.70. The number of nitrogens with zero attached hydrogens (tertiary/aromatic N) is 2. The van der Waals surface area contributed by atoms with Crippen LogP contribution >= 0.6 is 0 Å². The predicted octanol–water partition coefficient (Wildman–Crippen LogP) is 4.25. The Morgan fingerprint density at radius 3 is 2.88 bits per heavy atom. The van der Waals surface area contributed by atoms with Gasteiger partial charge in [-0.3, -0.25) is 5.10 Å². The molecule has 1 aliphatic heterocycles. The van der Waals surface area contributed by atoms with Gasteiger partial charge in [-0.2, -0.15) is 18.3 Å². The number of rotatable bonds is 7. The van der Waals surface area contributed by atoms with Gasteiger partial charge in [0.25, 0.3) is 0 Å². The molecule has 26 heavy (non-hydrogen) atoms. The number of H-pyrrole nitrogens is 1. The fourth-order valence-corrected chi connectivity index (χ4v) is 3.41. The van der Waals surface area contributed by atoms with Crippen molar-refractivity contribution in [3.05, 3.63) is 47.3 Å². The normalized spacial score (nSPS) is 18.4. The highest BCUT2D eigenvalue weighted by atomic mass is 19.4. The highest BCUT2D eigenvalue weighted by Gasteiger charge is 2.34. The molecule has 7 heteroatoms. The van der Waals surface area contributed by atoms with Gasteiger partial charge in [0.1, 0.15) is 5.75 Å². The topological polar surface area (TPSA) is 41.1 Å². The zero-order valence-electron chi connectivity index (χ0n) is 14.9. The Morgan fingerprint density at radius 2 is 2.12 bits per heavy atom. The summed E-state index contributed by atoms with van der Waals surface area (Å²) >= 11 is 0. The molecule has 0 spiro atoms. The molecule has 142 valence electrons. The first-order valence-electron chi connectivity index (χ1n) is 9.03. The van der Waals surface area contributed by atoms with Gasteiger partial charge < -0.3 is 9.64 Å². The number of benzene rings is 1. The van der Waals surface area contributed by atoms with Gasteiger partial charge in [0, 0.05) is 24.6 Å². The van der Waals surface area contributed by atoms with Gasteiger partial charge in [-0.25, -0.2) is 0 Å². The van der Waals surface area contributed by atoms with Gasteiger partial charge in [0.2, 0.25) is 0 Å². The zero-order chi connectivity index (χ0) is 18.6.